The van der Waals surface area contributed by atoms with Crippen molar-refractivity contribution in [3.8, 4) is 0 Å². The molecule has 15 heavy (non-hydrogen) atoms. The number of carbonyl (C=O) groups is 2. The SMILES string of the molecule is CCN1CN([C@@H](C)C(=O)N(C)C)CC1=O. The van der Waals surface area contributed by atoms with Crippen molar-refractivity contribution in [2.24, 2.45) is 0 Å². The molecule has 1 atom stereocenters. The fraction of sp³-hybridized carbons (Fsp3) is 0.800. The summed E-state index contributed by atoms with van der Waals surface area (Å²) in [5, 5.41) is 0. The van der Waals surface area contributed by atoms with E-state index in [1.54, 1.807) is 23.9 Å². The minimum atomic E-state index is -0.222. The monoisotopic (exact) mass is 213 g/mol. The minimum Gasteiger partial charge on any atom is -0.347 e. The van der Waals surface area contributed by atoms with Crippen LogP contribution in [0.3, 0.4) is 0 Å². The van der Waals surface area contributed by atoms with Crippen LogP contribution in [0.5, 0.6) is 0 Å². The first-order valence-corrected chi connectivity index (χ1v) is 5.20. The van der Waals surface area contributed by atoms with Crippen molar-refractivity contribution in [3.05, 3.63) is 0 Å². The summed E-state index contributed by atoms with van der Waals surface area (Å²) in [5.74, 6) is 0.150. The molecule has 1 heterocycles. The van der Waals surface area contributed by atoms with E-state index in [1.165, 1.54) is 0 Å². The molecule has 5 nitrogen and oxygen atoms in total. The van der Waals surface area contributed by atoms with Crippen LogP contribution in [0, 0.1) is 0 Å². The molecular formula is C10H19N3O2. The lowest BCUT2D eigenvalue weighted by molar-refractivity contribution is -0.133. The maximum Gasteiger partial charge on any atom is 0.239 e. The van der Waals surface area contributed by atoms with Crippen LogP contribution in [0.15, 0.2) is 0 Å². The molecule has 1 fully saturated rings. The summed E-state index contributed by atoms with van der Waals surface area (Å²) in [5.41, 5.74) is 0. The van der Waals surface area contributed by atoms with Crippen LogP contribution >= 0.6 is 0 Å². The third-order valence-electron chi connectivity index (χ3n) is 2.77. The van der Waals surface area contributed by atoms with E-state index in [1.807, 2.05) is 18.7 Å². The highest BCUT2D eigenvalue weighted by Gasteiger charge is 2.32. The van der Waals surface area contributed by atoms with Gasteiger partial charge in [-0.1, -0.05) is 0 Å². The molecular weight excluding hydrogens is 194 g/mol. The summed E-state index contributed by atoms with van der Waals surface area (Å²) in [6.07, 6.45) is 0. The summed E-state index contributed by atoms with van der Waals surface area (Å²) in [7, 11) is 3.46. The Morgan fingerprint density at radius 3 is 2.53 bits per heavy atom. The van der Waals surface area contributed by atoms with Crippen molar-refractivity contribution in [2.75, 3.05) is 33.9 Å². The molecule has 0 radical (unpaired) electrons. The highest BCUT2D eigenvalue weighted by Crippen LogP contribution is 2.11. The van der Waals surface area contributed by atoms with Crippen molar-refractivity contribution in [1.29, 1.82) is 0 Å². The molecule has 1 saturated heterocycles. The Kier molecular flexibility index (Phi) is 3.68. The van der Waals surface area contributed by atoms with Crippen molar-refractivity contribution in [2.45, 2.75) is 19.9 Å². The van der Waals surface area contributed by atoms with Gasteiger partial charge in [0.25, 0.3) is 0 Å². The number of carbonyl (C=O) groups excluding carboxylic acids is 2. The van der Waals surface area contributed by atoms with Gasteiger partial charge in [0.1, 0.15) is 0 Å². The maximum absolute atomic E-state index is 11.7. The van der Waals surface area contributed by atoms with Crippen LogP contribution < -0.4 is 0 Å². The molecule has 0 aliphatic carbocycles. The van der Waals surface area contributed by atoms with Gasteiger partial charge < -0.3 is 9.80 Å². The van der Waals surface area contributed by atoms with Gasteiger partial charge in [-0.25, -0.2) is 0 Å². The molecule has 0 aromatic rings. The second kappa shape index (κ2) is 4.61. The zero-order chi connectivity index (χ0) is 11.6. The van der Waals surface area contributed by atoms with Crippen LogP contribution in [-0.4, -0.2) is 66.4 Å². The first kappa shape index (κ1) is 12.0. The second-order valence-corrected chi connectivity index (χ2v) is 4.05. The quantitative estimate of drug-likeness (QED) is 0.640. The average Bonchev–Trinajstić information content (AvgIpc) is 2.57. The lowest BCUT2D eigenvalue weighted by Gasteiger charge is -2.25. The van der Waals surface area contributed by atoms with Gasteiger partial charge in [-0.15, -0.1) is 0 Å². The Labute approximate surface area is 90.6 Å². The first-order valence-electron chi connectivity index (χ1n) is 5.20. The van der Waals surface area contributed by atoms with E-state index in [0.717, 1.165) is 0 Å². The van der Waals surface area contributed by atoms with Crippen LogP contribution in [0.25, 0.3) is 0 Å². The molecule has 1 aliphatic rings. The van der Waals surface area contributed by atoms with E-state index >= 15 is 0 Å². The third-order valence-corrected chi connectivity index (χ3v) is 2.77. The predicted octanol–water partition coefficient (Wildman–Crippen LogP) is -0.415. The summed E-state index contributed by atoms with van der Waals surface area (Å²) in [6.45, 7) is 5.41. The number of nitrogens with zero attached hydrogens (tertiary/aromatic N) is 3. The number of amides is 2. The van der Waals surface area contributed by atoms with Crippen molar-refractivity contribution in [1.82, 2.24) is 14.7 Å². The summed E-state index contributed by atoms with van der Waals surface area (Å²) in [6, 6.07) is -0.222. The summed E-state index contributed by atoms with van der Waals surface area (Å²) < 4.78 is 0. The highest BCUT2D eigenvalue weighted by atomic mass is 16.2. The van der Waals surface area contributed by atoms with Crippen LogP contribution in [0.1, 0.15) is 13.8 Å². The molecule has 2 amide bonds. The Bertz CT molecular complexity index is 265. The van der Waals surface area contributed by atoms with Gasteiger partial charge in [-0.3, -0.25) is 14.5 Å². The Balaban J connectivity index is 2.60. The smallest absolute Gasteiger partial charge is 0.239 e. The van der Waals surface area contributed by atoms with Gasteiger partial charge >= 0.3 is 0 Å². The fourth-order valence-corrected chi connectivity index (χ4v) is 1.69. The maximum atomic E-state index is 11.7. The third kappa shape index (κ3) is 2.47. The molecule has 1 aliphatic heterocycles. The Morgan fingerprint density at radius 1 is 1.53 bits per heavy atom. The van der Waals surface area contributed by atoms with Gasteiger partial charge in [0, 0.05) is 20.6 Å². The van der Waals surface area contributed by atoms with Crippen LogP contribution in [-0.2, 0) is 9.59 Å². The van der Waals surface area contributed by atoms with E-state index in [0.29, 0.717) is 19.8 Å². The van der Waals surface area contributed by atoms with E-state index in [-0.39, 0.29) is 17.9 Å². The number of rotatable bonds is 3. The topological polar surface area (TPSA) is 43.9 Å². The van der Waals surface area contributed by atoms with Gasteiger partial charge in [0.15, 0.2) is 0 Å². The lowest BCUT2D eigenvalue weighted by Crippen LogP contribution is -2.44. The lowest BCUT2D eigenvalue weighted by atomic mass is 10.2. The van der Waals surface area contributed by atoms with Crippen LogP contribution in [0.2, 0.25) is 0 Å². The molecule has 0 spiro atoms. The van der Waals surface area contributed by atoms with E-state index < -0.39 is 0 Å². The number of hydrogen-bond acceptors (Lipinski definition) is 3. The summed E-state index contributed by atoms with van der Waals surface area (Å²) in [4.78, 5) is 28.4. The fourth-order valence-electron chi connectivity index (χ4n) is 1.69. The van der Waals surface area contributed by atoms with E-state index in [2.05, 4.69) is 0 Å². The molecule has 5 heteroatoms. The van der Waals surface area contributed by atoms with Crippen LogP contribution in [0.4, 0.5) is 0 Å². The zero-order valence-corrected chi connectivity index (χ0v) is 9.86. The van der Waals surface area contributed by atoms with E-state index in [4.69, 9.17) is 0 Å². The summed E-state index contributed by atoms with van der Waals surface area (Å²) >= 11 is 0. The predicted molar refractivity (Wildman–Crippen MR) is 57.1 cm³/mol. The van der Waals surface area contributed by atoms with Gasteiger partial charge in [-0.2, -0.15) is 0 Å². The van der Waals surface area contributed by atoms with Gasteiger partial charge in [0.2, 0.25) is 11.8 Å². The number of hydrogen-bond donors (Lipinski definition) is 0. The van der Waals surface area contributed by atoms with Crippen molar-refractivity contribution < 1.29 is 9.59 Å². The zero-order valence-electron chi connectivity index (χ0n) is 9.86. The molecule has 86 valence electrons. The molecule has 0 saturated carbocycles. The standard InChI is InChI=1S/C10H19N3O2/c1-5-12-7-13(6-9(12)14)8(2)10(15)11(3)4/h8H,5-7H2,1-4H3/t8-/m0/s1. The van der Waals surface area contributed by atoms with Gasteiger partial charge in [-0.05, 0) is 13.8 Å². The molecule has 0 N–H and O–H groups in total. The molecule has 0 bridgehead atoms. The first-order chi connectivity index (χ1) is 6.97. The molecule has 0 aromatic heterocycles. The molecule has 0 aromatic carbocycles. The van der Waals surface area contributed by atoms with E-state index in [9.17, 15) is 9.59 Å². The van der Waals surface area contributed by atoms with Crippen molar-refractivity contribution >= 4 is 11.8 Å². The highest BCUT2D eigenvalue weighted by molar-refractivity contribution is 5.84. The normalized spacial score (nSPS) is 19.5. The molecule has 0 unspecified atom stereocenters. The second-order valence-electron chi connectivity index (χ2n) is 4.05. The Morgan fingerprint density at radius 2 is 2.13 bits per heavy atom. The largest absolute Gasteiger partial charge is 0.347 e. The average molecular weight is 213 g/mol. The van der Waals surface area contributed by atoms with Crippen molar-refractivity contribution in [3.63, 3.8) is 0 Å². The molecule has 1 rings (SSSR count). The van der Waals surface area contributed by atoms with Gasteiger partial charge in [0.05, 0.1) is 19.3 Å². The number of likely N-dealkylation sites (N-methyl/N-ethyl adjacent to an activating group) is 2. The Hall–Kier alpha value is -1.10. The minimum absolute atomic E-state index is 0.0424.